The van der Waals surface area contributed by atoms with E-state index >= 15 is 0 Å². The Labute approximate surface area is 78.0 Å². The Morgan fingerprint density at radius 2 is 2.27 bits per heavy atom. The predicted molar refractivity (Wildman–Crippen MR) is 50.0 cm³/mol. The number of halogens is 1. The first-order valence-corrected chi connectivity index (χ1v) is 4.20. The first-order valence-electron chi connectivity index (χ1n) is 3.12. The third-order valence-corrected chi connectivity index (χ3v) is 1.75. The van der Waals surface area contributed by atoms with Crippen LogP contribution in [-0.2, 0) is 6.42 Å². The van der Waals surface area contributed by atoms with Crippen LogP contribution in [0.25, 0.3) is 0 Å². The molecule has 0 amide bonds. The quantitative estimate of drug-likeness (QED) is 0.749. The molecule has 3 N–H and O–H groups in total. The Bertz CT molecular complexity index is 254. The molecule has 11 heavy (non-hydrogen) atoms. The van der Waals surface area contributed by atoms with E-state index in [1.54, 1.807) is 6.07 Å². The highest BCUT2D eigenvalue weighted by atomic mass is 127. The van der Waals surface area contributed by atoms with Crippen molar-refractivity contribution in [3.8, 4) is 0 Å². The lowest BCUT2D eigenvalue weighted by Crippen LogP contribution is -2.03. The minimum Gasteiger partial charge on any atom is -0.397 e. The minimum absolute atomic E-state index is 0.0550. The monoisotopic (exact) mass is 265 g/mol. The zero-order valence-electron chi connectivity index (χ0n) is 5.79. The average Bonchev–Trinajstić information content (AvgIpc) is 1.95. The van der Waals surface area contributed by atoms with Gasteiger partial charge in [-0.25, -0.2) is 0 Å². The van der Waals surface area contributed by atoms with Gasteiger partial charge < -0.3 is 10.8 Å². The summed E-state index contributed by atoms with van der Waals surface area (Å²) in [5.41, 5.74) is 6.84. The summed E-state index contributed by atoms with van der Waals surface area (Å²) >= 11 is 2.03. The Balaban J connectivity index is 2.90. The maximum Gasteiger partial charge on any atom is 0.126 e. The summed E-state index contributed by atoms with van der Waals surface area (Å²) in [7, 11) is 0. The third kappa shape index (κ3) is 2.26. The topological polar surface area (TPSA) is 72.0 Å². The van der Waals surface area contributed by atoms with Crippen molar-refractivity contribution in [3.63, 3.8) is 0 Å². The number of aliphatic hydroxyl groups excluding tert-OH is 1. The fourth-order valence-corrected chi connectivity index (χ4v) is 1.15. The van der Waals surface area contributed by atoms with Crippen LogP contribution in [0.1, 0.15) is 5.69 Å². The lowest BCUT2D eigenvalue weighted by atomic mass is 10.3. The van der Waals surface area contributed by atoms with E-state index in [1.165, 1.54) is 0 Å². The molecule has 0 aliphatic heterocycles. The van der Waals surface area contributed by atoms with Gasteiger partial charge in [0.2, 0.25) is 0 Å². The van der Waals surface area contributed by atoms with Gasteiger partial charge in [0.25, 0.3) is 0 Å². The summed E-state index contributed by atoms with van der Waals surface area (Å²) in [6.45, 7) is 0.0550. The van der Waals surface area contributed by atoms with Gasteiger partial charge in [-0.2, -0.15) is 5.10 Å². The Kier molecular flexibility index (Phi) is 3.01. The number of nitrogen functional groups attached to an aromatic ring is 1. The van der Waals surface area contributed by atoms with Crippen molar-refractivity contribution < 1.29 is 5.11 Å². The highest BCUT2D eigenvalue weighted by Gasteiger charge is 2.00. The van der Waals surface area contributed by atoms with E-state index in [0.717, 1.165) is 3.70 Å². The molecular weight excluding hydrogens is 257 g/mol. The van der Waals surface area contributed by atoms with Crippen molar-refractivity contribution in [1.82, 2.24) is 10.2 Å². The van der Waals surface area contributed by atoms with Gasteiger partial charge in [-0.05, 0) is 28.7 Å². The second-order valence-corrected chi connectivity index (χ2v) is 3.15. The van der Waals surface area contributed by atoms with Crippen LogP contribution in [0.4, 0.5) is 5.69 Å². The molecule has 0 aliphatic carbocycles. The summed E-state index contributed by atoms with van der Waals surface area (Å²) in [6.07, 6.45) is 0.468. The number of nitrogens with two attached hydrogens (primary N) is 1. The zero-order valence-corrected chi connectivity index (χ0v) is 7.95. The number of nitrogens with zero attached hydrogens (tertiary/aromatic N) is 2. The van der Waals surface area contributed by atoms with Crippen molar-refractivity contribution in [2.45, 2.75) is 6.42 Å². The highest BCUT2D eigenvalue weighted by Crippen LogP contribution is 2.10. The molecule has 0 bridgehead atoms. The molecule has 4 nitrogen and oxygen atoms in total. The third-order valence-electron chi connectivity index (χ3n) is 1.22. The van der Waals surface area contributed by atoms with Crippen LogP contribution in [0, 0.1) is 3.70 Å². The Morgan fingerprint density at radius 3 is 2.82 bits per heavy atom. The molecular formula is C6H8IN3O. The summed E-state index contributed by atoms with van der Waals surface area (Å²) in [5, 5.41) is 16.2. The summed E-state index contributed by atoms with van der Waals surface area (Å²) < 4.78 is 0.766. The molecule has 0 spiro atoms. The van der Waals surface area contributed by atoms with Crippen LogP contribution >= 0.6 is 22.6 Å². The molecule has 0 saturated heterocycles. The molecule has 1 aromatic rings. The average molecular weight is 265 g/mol. The van der Waals surface area contributed by atoms with E-state index in [-0.39, 0.29) is 6.61 Å². The highest BCUT2D eigenvalue weighted by molar-refractivity contribution is 14.1. The van der Waals surface area contributed by atoms with Crippen molar-refractivity contribution in [2.75, 3.05) is 12.3 Å². The largest absolute Gasteiger partial charge is 0.397 e. The molecule has 0 atom stereocenters. The van der Waals surface area contributed by atoms with Crippen LogP contribution in [0.5, 0.6) is 0 Å². The lowest BCUT2D eigenvalue weighted by molar-refractivity contribution is 0.298. The number of aliphatic hydroxyl groups is 1. The van der Waals surface area contributed by atoms with Gasteiger partial charge in [0, 0.05) is 13.0 Å². The standard InChI is InChI=1S/C6H8IN3O/c7-6-3-4(8)5(1-2-11)9-10-6/h3,11H,1-2H2,(H2,8,10). The van der Waals surface area contributed by atoms with E-state index < -0.39 is 0 Å². The van der Waals surface area contributed by atoms with Gasteiger partial charge in [0.05, 0.1) is 11.4 Å². The van der Waals surface area contributed by atoms with Crippen molar-refractivity contribution in [2.24, 2.45) is 0 Å². The van der Waals surface area contributed by atoms with Crippen LogP contribution in [0.3, 0.4) is 0 Å². The van der Waals surface area contributed by atoms with E-state index in [0.29, 0.717) is 17.8 Å². The number of aromatic nitrogens is 2. The maximum absolute atomic E-state index is 8.59. The molecule has 0 aromatic carbocycles. The lowest BCUT2D eigenvalue weighted by Gasteiger charge is -2.00. The first kappa shape index (κ1) is 8.66. The van der Waals surface area contributed by atoms with Crippen LogP contribution in [0.15, 0.2) is 6.07 Å². The maximum atomic E-state index is 8.59. The molecule has 0 fully saturated rings. The molecule has 1 aromatic heterocycles. The fraction of sp³-hybridized carbons (Fsp3) is 0.333. The molecule has 0 radical (unpaired) electrons. The molecule has 1 heterocycles. The number of hydrogen-bond donors (Lipinski definition) is 2. The SMILES string of the molecule is Nc1cc(I)nnc1CCO. The van der Waals surface area contributed by atoms with Gasteiger partial charge in [-0.15, -0.1) is 5.10 Å². The van der Waals surface area contributed by atoms with Crippen LogP contribution in [-0.4, -0.2) is 21.9 Å². The Hall–Kier alpha value is -0.430. The fourth-order valence-electron chi connectivity index (χ4n) is 0.707. The predicted octanol–water partition coefficient (Wildman–Crippen LogP) is 0.198. The summed E-state index contributed by atoms with van der Waals surface area (Å²) in [6, 6.07) is 1.73. The van der Waals surface area contributed by atoms with Gasteiger partial charge in [0.15, 0.2) is 0 Å². The normalized spacial score (nSPS) is 10.0. The summed E-state index contributed by atoms with van der Waals surface area (Å²) in [5.74, 6) is 0. The number of rotatable bonds is 2. The molecule has 60 valence electrons. The van der Waals surface area contributed by atoms with Crippen molar-refractivity contribution in [3.05, 3.63) is 15.5 Å². The van der Waals surface area contributed by atoms with E-state index in [4.69, 9.17) is 10.8 Å². The first-order chi connectivity index (χ1) is 5.24. The molecule has 0 unspecified atom stereocenters. The number of anilines is 1. The van der Waals surface area contributed by atoms with Gasteiger partial charge in [0.1, 0.15) is 3.70 Å². The van der Waals surface area contributed by atoms with Gasteiger partial charge in [-0.3, -0.25) is 0 Å². The van der Waals surface area contributed by atoms with Gasteiger partial charge in [-0.1, -0.05) is 0 Å². The van der Waals surface area contributed by atoms with E-state index in [1.807, 2.05) is 22.6 Å². The second-order valence-electron chi connectivity index (χ2n) is 2.04. The van der Waals surface area contributed by atoms with E-state index in [9.17, 15) is 0 Å². The zero-order chi connectivity index (χ0) is 8.27. The molecule has 1 rings (SSSR count). The van der Waals surface area contributed by atoms with Crippen LogP contribution < -0.4 is 5.73 Å². The number of hydrogen-bond acceptors (Lipinski definition) is 4. The minimum atomic E-state index is 0.0550. The second kappa shape index (κ2) is 3.82. The van der Waals surface area contributed by atoms with Crippen molar-refractivity contribution in [1.29, 1.82) is 0 Å². The molecule has 0 saturated carbocycles. The van der Waals surface area contributed by atoms with Crippen LogP contribution in [0.2, 0.25) is 0 Å². The van der Waals surface area contributed by atoms with Crippen molar-refractivity contribution >= 4 is 28.3 Å². The van der Waals surface area contributed by atoms with E-state index in [2.05, 4.69) is 10.2 Å². The van der Waals surface area contributed by atoms with Gasteiger partial charge >= 0.3 is 0 Å². The molecule has 5 heteroatoms. The summed E-state index contributed by atoms with van der Waals surface area (Å²) in [4.78, 5) is 0. The smallest absolute Gasteiger partial charge is 0.126 e. The molecule has 0 aliphatic rings. The Morgan fingerprint density at radius 1 is 1.55 bits per heavy atom.